The second-order valence-electron chi connectivity index (χ2n) is 7.18. The Labute approximate surface area is 154 Å². The lowest BCUT2D eigenvalue weighted by Crippen LogP contribution is -2.30. The van der Waals surface area contributed by atoms with Crippen LogP contribution in [-0.4, -0.2) is 29.8 Å². The average molecular weight is 348 g/mol. The van der Waals surface area contributed by atoms with E-state index < -0.39 is 0 Å². The lowest BCUT2D eigenvalue weighted by atomic mass is 9.82. The van der Waals surface area contributed by atoms with Crippen LogP contribution in [0.3, 0.4) is 0 Å². The maximum atomic E-state index is 13.0. The predicted octanol–water partition coefficient (Wildman–Crippen LogP) is 3.98. The fourth-order valence-electron chi connectivity index (χ4n) is 4.12. The van der Waals surface area contributed by atoms with Crippen LogP contribution in [-0.2, 0) is 11.2 Å². The molecule has 26 heavy (non-hydrogen) atoms. The molecule has 0 radical (unpaired) electrons. The number of hydrogen-bond acceptors (Lipinski definition) is 2. The number of anilines is 1. The fraction of sp³-hybridized carbons (Fsp3) is 0.364. The van der Waals surface area contributed by atoms with Crippen molar-refractivity contribution in [3.63, 3.8) is 0 Å². The van der Waals surface area contributed by atoms with Crippen LogP contribution in [0.1, 0.15) is 53.1 Å². The highest BCUT2D eigenvalue weighted by Crippen LogP contribution is 2.33. The molecule has 1 atom stereocenters. The molecule has 1 N–H and O–H groups in total. The monoisotopic (exact) mass is 348 g/mol. The van der Waals surface area contributed by atoms with Gasteiger partial charge in [0.1, 0.15) is 0 Å². The molecule has 2 aliphatic rings. The Morgan fingerprint density at radius 1 is 0.923 bits per heavy atom. The topological polar surface area (TPSA) is 49.4 Å². The van der Waals surface area contributed by atoms with Gasteiger partial charge in [-0.1, -0.05) is 36.4 Å². The number of para-hydroxylation sites is 1. The van der Waals surface area contributed by atoms with Crippen molar-refractivity contribution in [2.45, 2.75) is 38.0 Å². The molecule has 2 aromatic carbocycles. The summed E-state index contributed by atoms with van der Waals surface area (Å²) in [4.78, 5) is 27.7. The molecule has 2 aromatic rings. The summed E-state index contributed by atoms with van der Waals surface area (Å²) < 4.78 is 0. The predicted molar refractivity (Wildman–Crippen MR) is 102 cm³/mol. The molecule has 1 fully saturated rings. The summed E-state index contributed by atoms with van der Waals surface area (Å²) >= 11 is 0. The van der Waals surface area contributed by atoms with Gasteiger partial charge in [0.25, 0.3) is 5.91 Å². The van der Waals surface area contributed by atoms with Crippen LogP contribution in [0.4, 0.5) is 5.69 Å². The second-order valence-corrected chi connectivity index (χ2v) is 7.18. The zero-order valence-electron chi connectivity index (χ0n) is 14.9. The summed E-state index contributed by atoms with van der Waals surface area (Å²) in [5, 5.41) is 3.04. The van der Waals surface area contributed by atoms with Crippen molar-refractivity contribution >= 4 is 17.5 Å². The van der Waals surface area contributed by atoms with Gasteiger partial charge in [0.05, 0.1) is 17.2 Å². The molecule has 134 valence electrons. The van der Waals surface area contributed by atoms with Crippen molar-refractivity contribution in [1.29, 1.82) is 0 Å². The van der Waals surface area contributed by atoms with E-state index in [0.29, 0.717) is 11.3 Å². The van der Waals surface area contributed by atoms with E-state index in [-0.39, 0.29) is 17.7 Å². The molecule has 4 heteroatoms. The lowest BCUT2D eigenvalue weighted by Gasteiger charge is -2.25. The van der Waals surface area contributed by atoms with E-state index >= 15 is 0 Å². The molecule has 4 rings (SSSR count). The van der Waals surface area contributed by atoms with Gasteiger partial charge in [-0.25, -0.2) is 0 Å². The number of carbonyl (C=O) groups excluding carboxylic acids is 2. The number of hydrogen-bond donors (Lipinski definition) is 1. The second kappa shape index (κ2) is 7.32. The van der Waals surface area contributed by atoms with Gasteiger partial charge < -0.3 is 10.2 Å². The first kappa shape index (κ1) is 16.8. The first-order chi connectivity index (χ1) is 12.7. The zero-order chi connectivity index (χ0) is 17.9. The van der Waals surface area contributed by atoms with Crippen molar-refractivity contribution in [3.8, 4) is 0 Å². The molecule has 0 saturated carbocycles. The first-order valence-corrected chi connectivity index (χ1v) is 9.51. The van der Waals surface area contributed by atoms with Crippen LogP contribution in [0.5, 0.6) is 0 Å². The minimum absolute atomic E-state index is 0.0150. The smallest absolute Gasteiger partial charge is 0.255 e. The number of rotatable bonds is 3. The SMILES string of the molecule is O=C(Nc1ccccc1C(=O)N1CCCC1)[C@H]1CCCc2ccccc21. The van der Waals surface area contributed by atoms with E-state index in [1.165, 1.54) is 5.56 Å². The van der Waals surface area contributed by atoms with Crippen LogP contribution in [0, 0.1) is 0 Å². The van der Waals surface area contributed by atoms with Gasteiger partial charge >= 0.3 is 0 Å². The molecule has 2 amide bonds. The number of likely N-dealkylation sites (tertiary alicyclic amines) is 1. The van der Waals surface area contributed by atoms with E-state index in [0.717, 1.165) is 50.8 Å². The summed E-state index contributed by atoms with van der Waals surface area (Å²) in [7, 11) is 0. The third-order valence-corrected chi connectivity index (χ3v) is 5.49. The molecule has 1 saturated heterocycles. The van der Waals surface area contributed by atoms with Crippen LogP contribution in [0.2, 0.25) is 0 Å². The van der Waals surface area contributed by atoms with E-state index in [1.54, 1.807) is 0 Å². The molecule has 0 unspecified atom stereocenters. The van der Waals surface area contributed by atoms with Crippen molar-refractivity contribution in [3.05, 3.63) is 65.2 Å². The minimum atomic E-state index is -0.144. The molecule has 4 nitrogen and oxygen atoms in total. The molecule has 0 spiro atoms. The van der Waals surface area contributed by atoms with Crippen molar-refractivity contribution in [2.24, 2.45) is 0 Å². The summed E-state index contributed by atoms with van der Waals surface area (Å²) in [6, 6.07) is 15.6. The fourth-order valence-corrected chi connectivity index (χ4v) is 4.12. The Morgan fingerprint density at radius 3 is 2.50 bits per heavy atom. The number of benzene rings is 2. The maximum absolute atomic E-state index is 13.0. The van der Waals surface area contributed by atoms with Gasteiger partial charge in [-0.2, -0.15) is 0 Å². The first-order valence-electron chi connectivity index (χ1n) is 9.51. The highest BCUT2D eigenvalue weighted by atomic mass is 16.2. The number of aryl methyl sites for hydroxylation is 1. The number of nitrogens with one attached hydrogen (secondary N) is 1. The standard InChI is InChI=1S/C22H24N2O2/c25-21(18-12-7-9-16-8-1-2-10-17(16)18)23-20-13-4-3-11-19(20)22(26)24-14-5-6-15-24/h1-4,8,10-11,13,18H,5-7,9,12,14-15H2,(H,23,25)/t18-/m0/s1. The van der Waals surface area contributed by atoms with E-state index in [1.807, 2.05) is 41.3 Å². The number of nitrogens with zero attached hydrogens (tertiary/aromatic N) is 1. The van der Waals surface area contributed by atoms with E-state index in [9.17, 15) is 9.59 Å². The number of amides is 2. The Balaban J connectivity index is 1.57. The third-order valence-electron chi connectivity index (χ3n) is 5.49. The van der Waals surface area contributed by atoms with Crippen LogP contribution < -0.4 is 5.32 Å². The average Bonchev–Trinajstić information content (AvgIpc) is 3.22. The number of fused-ring (bicyclic) bond motifs is 1. The van der Waals surface area contributed by atoms with Crippen molar-refractivity contribution < 1.29 is 9.59 Å². The molecule has 1 aliphatic heterocycles. The van der Waals surface area contributed by atoms with Crippen molar-refractivity contribution in [1.82, 2.24) is 4.90 Å². The summed E-state index contributed by atoms with van der Waals surface area (Å²) in [6.45, 7) is 1.61. The Bertz CT molecular complexity index is 824. The molecule has 1 aliphatic carbocycles. The number of carbonyl (C=O) groups is 2. The Morgan fingerprint density at radius 2 is 1.65 bits per heavy atom. The van der Waals surface area contributed by atoms with Gasteiger partial charge in [0.15, 0.2) is 0 Å². The minimum Gasteiger partial charge on any atom is -0.339 e. The highest BCUT2D eigenvalue weighted by Gasteiger charge is 2.28. The Kier molecular flexibility index (Phi) is 4.74. The molecular formula is C22H24N2O2. The Hall–Kier alpha value is -2.62. The molecular weight excluding hydrogens is 324 g/mol. The van der Waals surface area contributed by atoms with Crippen LogP contribution in [0.25, 0.3) is 0 Å². The van der Waals surface area contributed by atoms with Gasteiger partial charge in [-0.05, 0) is 55.4 Å². The van der Waals surface area contributed by atoms with Gasteiger partial charge in [0.2, 0.25) is 5.91 Å². The third kappa shape index (κ3) is 3.24. The molecule has 0 bridgehead atoms. The van der Waals surface area contributed by atoms with E-state index in [4.69, 9.17) is 0 Å². The van der Waals surface area contributed by atoms with E-state index in [2.05, 4.69) is 17.4 Å². The lowest BCUT2D eigenvalue weighted by molar-refractivity contribution is -0.117. The normalized spacial score (nSPS) is 19.1. The zero-order valence-corrected chi connectivity index (χ0v) is 14.9. The van der Waals surface area contributed by atoms with Gasteiger partial charge in [-0.15, -0.1) is 0 Å². The summed E-state index contributed by atoms with van der Waals surface area (Å²) in [5.74, 6) is -0.142. The largest absolute Gasteiger partial charge is 0.339 e. The highest BCUT2D eigenvalue weighted by molar-refractivity contribution is 6.05. The quantitative estimate of drug-likeness (QED) is 0.912. The van der Waals surface area contributed by atoms with Gasteiger partial charge in [-0.3, -0.25) is 9.59 Å². The maximum Gasteiger partial charge on any atom is 0.255 e. The van der Waals surface area contributed by atoms with Crippen molar-refractivity contribution in [2.75, 3.05) is 18.4 Å². The van der Waals surface area contributed by atoms with Crippen LogP contribution in [0.15, 0.2) is 48.5 Å². The molecule has 1 heterocycles. The summed E-state index contributed by atoms with van der Waals surface area (Å²) in [6.07, 6.45) is 5.01. The van der Waals surface area contributed by atoms with Crippen LogP contribution >= 0.6 is 0 Å². The molecule has 0 aromatic heterocycles. The van der Waals surface area contributed by atoms with Gasteiger partial charge in [0, 0.05) is 13.1 Å². The summed E-state index contributed by atoms with van der Waals surface area (Å²) in [5.41, 5.74) is 3.60.